The molecular formula is C13H14N4O. The zero-order chi connectivity index (χ0) is 12.4. The van der Waals surface area contributed by atoms with E-state index in [2.05, 4.69) is 15.2 Å². The Morgan fingerprint density at radius 3 is 2.50 bits per heavy atom. The first kappa shape index (κ1) is 11.1. The first-order valence-electron chi connectivity index (χ1n) is 6.23. The summed E-state index contributed by atoms with van der Waals surface area (Å²) >= 11 is 0. The van der Waals surface area contributed by atoms with Crippen molar-refractivity contribution >= 4 is 16.9 Å². The molecule has 1 saturated heterocycles. The van der Waals surface area contributed by atoms with Gasteiger partial charge in [-0.15, -0.1) is 10.2 Å². The Labute approximate surface area is 105 Å². The van der Waals surface area contributed by atoms with Gasteiger partial charge in [0.2, 0.25) is 5.82 Å². The van der Waals surface area contributed by atoms with E-state index in [1.807, 2.05) is 29.2 Å². The quantitative estimate of drug-likeness (QED) is 0.763. The van der Waals surface area contributed by atoms with Gasteiger partial charge in [0.15, 0.2) is 0 Å². The van der Waals surface area contributed by atoms with Crippen LogP contribution in [0.15, 0.2) is 24.3 Å². The lowest BCUT2D eigenvalue weighted by Crippen LogP contribution is -2.36. The molecule has 0 saturated carbocycles. The highest BCUT2D eigenvalue weighted by Crippen LogP contribution is 2.12. The molecule has 0 unspecified atom stereocenters. The molecule has 1 amide bonds. The van der Waals surface area contributed by atoms with Crippen molar-refractivity contribution in [3.8, 4) is 0 Å². The smallest absolute Gasteiger partial charge is 0.293 e. The monoisotopic (exact) mass is 242 g/mol. The van der Waals surface area contributed by atoms with Gasteiger partial charge in [0.25, 0.3) is 5.91 Å². The van der Waals surface area contributed by atoms with Crippen molar-refractivity contribution in [1.82, 2.24) is 20.1 Å². The van der Waals surface area contributed by atoms with Crippen molar-refractivity contribution < 1.29 is 4.79 Å². The van der Waals surface area contributed by atoms with Crippen molar-refractivity contribution in [3.63, 3.8) is 0 Å². The van der Waals surface area contributed by atoms with Gasteiger partial charge in [0.05, 0.1) is 5.52 Å². The van der Waals surface area contributed by atoms with Crippen LogP contribution in [0.3, 0.4) is 0 Å². The maximum atomic E-state index is 12.2. The summed E-state index contributed by atoms with van der Waals surface area (Å²) < 4.78 is 0. The summed E-state index contributed by atoms with van der Waals surface area (Å²) in [6.07, 6.45) is 3.32. The largest absolute Gasteiger partial charge is 0.336 e. The van der Waals surface area contributed by atoms with Crippen LogP contribution in [0.25, 0.3) is 11.0 Å². The predicted octanol–water partition coefficient (Wildman–Crippen LogP) is 1.65. The molecule has 5 heteroatoms. The normalized spacial score (nSPS) is 15.9. The Morgan fingerprint density at radius 1 is 1.00 bits per heavy atom. The summed E-state index contributed by atoms with van der Waals surface area (Å²) in [5.41, 5.74) is 1.43. The number of carbonyl (C=O) groups excluding carboxylic acids is 1. The Kier molecular flexibility index (Phi) is 2.88. The number of rotatable bonds is 1. The van der Waals surface area contributed by atoms with E-state index in [9.17, 15) is 4.79 Å². The maximum Gasteiger partial charge on any atom is 0.293 e. The number of para-hydroxylation sites is 1. The number of nitrogens with zero attached hydrogens (tertiary/aromatic N) is 4. The fraction of sp³-hybridized carbons (Fsp3) is 0.385. The van der Waals surface area contributed by atoms with Gasteiger partial charge in [-0.3, -0.25) is 4.79 Å². The van der Waals surface area contributed by atoms with Crippen LogP contribution in [-0.2, 0) is 0 Å². The molecule has 1 aliphatic rings. The second-order valence-electron chi connectivity index (χ2n) is 4.48. The lowest BCUT2D eigenvalue weighted by Gasteiger charge is -2.25. The Morgan fingerprint density at radius 2 is 1.72 bits per heavy atom. The minimum atomic E-state index is -0.104. The maximum absolute atomic E-state index is 12.2. The molecule has 0 bridgehead atoms. The summed E-state index contributed by atoms with van der Waals surface area (Å²) in [5.74, 6) is 0.101. The summed E-state index contributed by atoms with van der Waals surface area (Å²) in [7, 11) is 0. The molecule has 2 heterocycles. The third-order valence-electron chi connectivity index (χ3n) is 3.20. The molecule has 3 rings (SSSR count). The standard InChI is InChI=1S/C13H14N4O/c18-13(17-8-4-1-5-9-17)12-14-10-6-2-3-7-11(10)15-16-12/h2-3,6-7H,1,4-5,8-9H2. The number of hydrogen-bond acceptors (Lipinski definition) is 4. The van der Waals surface area contributed by atoms with Crippen LogP contribution in [0, 0.1) is 0 Å². The molecule has 0 radical (unpaired) electrons. The van der Waals surface area contributed by atoms with Gasteiger partial charge in [0, 0.05) is 13.1 Å². The molecule has 1 fully saturated rings. The molecule has 0 aliphatic carbocycles. The van der Waals surface area contributed by atoms with E-state index in [4.69, 9.17) is 0 Å². The lowest BCUT2D eigenvalue weighted by molar-refractivity contribution is 0.0711. The molecular weight excluding hydrogens is 228 g/mol. The number of hydrogen-bond donors (Lipinski definition) is 0. The molecule has 5 nitrogen and oxygen atoms in total. The SMILES string of the molecule is O=C(c1nnc2ccccc2n1)N1CCCCC1. The summed E-state index contributed by atoms with van der Waals surface area (Å²) in [6, 6.07) is 7.44. The average Bonchev–Trinajstić information content (AvgIpc) is 2.47. The van der Waals surface area contributed by atoms with E-state index in [1.165, 1.54) is 6.42 Å². The summed E-state index contributed by atoms with van der Waals surface area (Å²) in [5, 5.41) is 7.97. The molecule has 18 heavy (non-hydrogen) atoms. The molecule has 92 valence electrons. The number of fused-ring (bicyclic) bond motifs is 1. The van der Waals surface area contributed by atoms with Gasteiger partial charge in [-0.05, 0) is 31.4 Å². The second-order valence-corrected chi connectivity index (χ2v) is 4.48. The molecule has 0 spiro atoms. The topological polar surface area (TPSA) is 59.0 Å². The third kappa shape index (κ3) is 2.03. The van der Waals surface area contributed by atoms with Crippen LogP contribution in [0.1, 0.15) is 29.9 Å². The average molecular weight is 242 g/mol. The molecule has 1 aromatic heterocycles. The van der Waals surface area contributed by atoms with Crippen LogP contribution in [0.5, 0.6) is 0 Å². The molecule has 0 atom stereocenters. The summed E-state index contributed by atoms with van der Waals surface area (Å²) in [6.45, 7) is 1.60. The van der Waals surface area contributed by atoms with Crippen LogP contribution in [-0.4, -0.2) is 39.1 Å². The van der Waals surface area contributed by atoms with Crippen LogP contribution < -0.4 is 0 Å². The van der Waals surface area contributed by atoms with Crippen LogP contribution >= 0.6 is 0 Å². The van der Waals surface area contributed by atoms with Gasteiger partial charge < -0.3 is 4.90 Å². The number of piperidine rings is 1. The highest BCUT2D eigenvalue weighted by Gasteiger charge is 2.21. The van der Waals surface area contributed by atoms with Gasteiger partial charge in [0.1, 0.15) is 5.52 Å². The van der Waals surface area contributed by atoms with E-state index < -0.39 is 0 Å². The van der Waals surface area contributed by atoms with Crippen molar-refractivity contribution in [2.45, 2.75) is 19.3 Å². The number of benzene rings is 1. The van der Waals surface area contributed by atoms with Gasteiger partial charge >= 0.3 is 0 Å². The number of carbonyl (C=O) groups is 1. The van der Waals surface area contributed by atoms with Crippen molar-refractivity contribution in [3.05, 3.63) is 30.1 Å². The second kappa shape index (κ2) is 4.68. The van der Waals surface area contributed by atoms with E-state index in [0.29, 0.717) is 11.0 Å². The van der Waals surface area contributed by atoms with Gasteiger partial charge in [-0.2, -0.15) is 0 Å². The highest BCUT2D eigenvalue weighted by atomic mass is 16.2. The Hall–Kier alpha value is -2.04. The lowest BCUT2D eigenvalue weighted by atomic mass is 10.1. The Balaban J connectivity index is 1.91. The third-order valence-corrected chi connectivity index (χ3v) is 3.20. The zero-order valence-electron chi connectivity index (χ0n) is 10.0. The first-order chi connectivity index (χ1) is 8.84. The Bertz CT molecular complexity index is 578. The zero-order valence-corrected chi connectivity index (χ0v) is 10.0. The van der Waals surface area contributed by atoms with E-state index in [-0.39, 0.29) is 11.7 Å². The molecule has 0 N–H and O–H groups in total. The van der Waals surface area contributed by atoms with Gasteiger partial charge in [-0.25, -0.2) is 4.98 Å². The van der Waals surface area contributed by atoms with Crippen LogP contribution in [0.2, 0.25) is 0 Å². The highest BCUT2D eigenvalue weighted by molar-refractivity contribution is 5.91. The van der Waals surface area contributed by atoms with E-state index in [1.54, 1.807) is 0 Å². The van der Waals surface area contributed by atoms with Crippen molar-refractivity contribution in [2.24, 2.45) is 0 Å². The van der Waals surface area contributed by atoms with E-state index in [0.717, 1.165) is 25.9 Å². The molecule has 2 aromatic rings. The molecule has 1 aromatic carbocycles. The first-order valence-corrected chi connectivity index (χ1v) is 6.23. The predicted molar refractivity (Wildman–Crippen MR) is 67.1 cm³/mol. The van der Waals surface area contributed by atoms with Crippen LogP contribution in [0.4, 0.5) is 0 Å². The van der Waals surface area contributed by atoms with Crippen molar-refractivity contribution in [1.29, 1.82) is 0 Å². The number of amides is 1. The van der Waals surface area contributed by atoms with Gasteiger partial charge in [-0.1, -0.05) is 12.1 Å². The van der Waals surface area contributed by atoms with Crippen molar-refractivity contribution in [2.75, 3.05) is 13.1 Å². The summed E-state index contributed by atoms with van der Waals surface area (Å²) in [4.78, 5) is 18.3. The molecule has 1 aliphatic heterocycles. The minimum absolute atomic E-state index is 0.104. The number of aromatic nitrogens is 3. The fourth-order valence-electron chi connectivity index (χ4n) is 2.21. The fourth-order valence-corrected chi connectivity index (χ4v) is 2.21. The minimum Gasteiger partial charge on any atom is -0.336 e. The van der Waals surface area contributed by atoms with E-state index >= 15 is 0 Å². The number of likely N-dealkylation sites (tertiary alicyclic amines) is 1.